The molecule has 0 aromatic carbocycles. The smallest absolute Gasteiger partial charge is 0.303 e. The van der Waals surface area contributed by atoms with Crippen LogP contribution in [0.15, 0.2) is 47.1 Å². The molecule has 0 saturated carbocycles. The number of hydrogen-bond donors (Lipinski definition) is 1. The van der Waals surface area contributed by atoms with Crippen molar-refractivity contribution >= 4 is 11.8 Å². The first-order valence-corrected chi connectivity index (χ1v) is 11.9. The van der Waals surface area contributed by atoms with Crippen molar-refractivity contribution in [2.45, 2.75) is 96.7 Å². The molecule has 3 rings (SSSR count). The maximum Gasteiger partial charge on any atom is 0.303 e. The molecule has 5 unspecified atom stereocenters. The molecule has 33 heavy (non-hydrogen) atoms. The molecule has 1 fully saturated rings. The Morgan fingerprint density at radius 2 is 2.03 bits per heavy atom. The molecular weight excluding hydrogens is 420 g/mol. The summed E-state index contributed by atoms with van der Waals surface area (Å²) < 4.78 is 18.8. The van der Waals surface area contributed by atoms with E-state index in [-0.39, 0.29) is 36.5 Å². The van der Waals surface area contributed by atoms with E-state index >= 15 is 0 Å². The van der Waals surface area contributed by atoms with Gasteiger partial charge in [-0.3, -0.25) is 9.59 Å². The second kappa shape index (κ2) is 10.1. The van der Waals surface area contributed by atoms with E-state index in [4.69, 9.17) is 14.2 Å². The molecule has 1 aliphatic carbocycles. The molecule has 2 heterocycles. The minimum absolute atomic E-state index is 0.0654. The van der Waals surface area contributed by atoms with Gasteiger partial charge in [0.05, 0.1) is 18.8 Å². The van der Waals surface area contributed by atoms with Crippen LogP contribution < -0.4 is 0 Å². The Balaban J connectivity index is 1.92. The summed E-state index contributed by atoms with van der Waals surface area (Å²) in [6.07, 6.45) is 9.09. The number of fused-ring (bicyclic) bond motifs is 1. The summed E-state index contributed by atoms with van der Waals surface area (Å²) in [6.45, 7) is 13.0. The molecule has 182 valence electrons. The largest absolute Gasteiger partial charge is 0.459 e. The van der Waals surface area contributed by atoms with Crippen molar-refractivity contribution in [2.75, 3.05) is 6.61 Å². The van der Waals surface area contributed by atoms with Gasteiger partial charge in [0.25, 0.3) is 0 Å². The van der Waals surface area contributed by atoms with Crippen LogP contribution in [0.25, 0.3) is 0 Å². The van der Waals surface area contributed by atoms with Crippen molar-refractivity contribution < 1.29 is 28.9 Å². The minimum Gasteiger partial charge on any atom is -0.459 e. The normalized spacial score (nSPS) is 34.4. The van der Waals surface area contributed by atoms with Gasteiger partial charge in [0.1, 0.15) is 5.60 Å². The number of carbonyl (C=O) groups excluding carboxylic acids is 2. The van der Waals surface area contributed by atoms with Gasteiger partial charge in [0, 0.05) is 32.1 Å². The molecule has 5 atom stereocenters. The second-order valence-electron chi connectivity index (χ2n) is 10.3. The fourth-order valence-corrected chi connectivity index (χ4v) is 5.31. The molecule has 0 aromatic rings. The molecular formula is C27H38O6. The van der Waals surface area contributed by atoms with Gasteiger partial charge in [-0.2, -0.15) is 0 Å². The molecule has 2 aliphatic heterocycles. The molecule has 3 aliphatic rings. The van der Waals surface area contributed by atoms with Crippen molar-refractivity contribution in [3.05, 3.63) is 47.1 Å². The minimum atomic E-state index is -1.15. The third kappa shape index (κ3) is 6.31. The van der Waals surface area contributed by atoms with E-state index in [1.807, 2.05) is 26.0 Å². The molecule has 6 nitrogen and oxygen atoms in total. The summed E-state index contributed by atoms with van der Waals surface area (Å²) in [5.74, 6) is -1.65. The zero-order valence-electron chi connectivity index (χ0n) is 20.6. The van der Waals surface area contributed by atoms with Crippen molar-refractivity contribution in [1.29, 1.82) is 0 Å². The number of Topliss-reactive ketones (excluding diaryl/α,β-unsaturated/α-hetero) is 1. The van der Waals surface area contributed by atoms with Gasteiger partial charge in [-0.1, -0.05) is 17.2 Å². The third-order valence-corrected chi connectivity index (χ3v) is 6.70. The number of esters is 1. The summed E-state index contributed by atoms with van der Waals surface area (Å²) in [4.78, 5) is 24.2. The van der Waals surface area contributed by atoms with E-state index in [9.17, 15) is 14.7 Å². The highest BCUT2D eigenvalue weighted by molar-refractivity contribution is 5.96. The van der Waals surface area contributed by atoms with Crippen LogP contribution in [0.4, 0.5) is 0 Å². The van der Waals surface area contributed by atoms with Gasteiger partial charge < -0.3 is 19.3 Å². The molecule has 0 radical (unpaired) electrons. The Morgan fingerprint density at radius 3 is 2.67 bits per heavy atom. The molecule has 0 aromatic heterocycles. The van der Waals surface area contributed by atoms with Crippen LogP contribution in [0, 0.1) is 5.92 Å². The first kappa shape index (κ1) is 25.6. The van der Waals surface area contributed by atoms with Gasteiger partial charge in [-0.25, -0.2) is 0 Å². The summed E-state index contributed by atoms with van der Waals surface area (Å²) in [6, 6.07) is 0. The summed E-state index contributed by atoms with van der Waals surface area (Å²) in [5, 5.41) is 10.1. The van der Waals surface area contributed by atoms with Crippen LogP contribution in [0.1, 0.15) is 73.1 Å². The van der Waals surface area contributed by atoms with Gasteiger partial charge >= 0.3 is 5.97 Å². The average molecular weight is 459 g/mol. The second-order valence-corrected chi connectivity index (χ2v) is 10.3. The van der Waals surface area contributed by atoms with E-state index in [0.29, 0.717) is 24.8 Å². The lowest BCUT2D eigenvalue weighted by Gasteiger charge is -2.51. The van der Waals surface area contributed by atoms with Gasteiger partial charge in [0.2, 0.25) is 0 Å². The molecule has 1 saturated heterocycles. The molecule has 6 heteroatoms. The highest BCUT2D eigenvalue weighted by Crippen LogP contribution is 2.47. The lowest BCUT2D eigenvalue weighted by atomic mass is 9.77. The number of aliphatic hydroxyl groups excluding tert-OH is 1. The molecule has 0 amide bonds. The Morgan fingerprint density at radius 1 is 1.30 bits per heavy atom. The van der Waals surface area contributed by atoms with Gasteiger partial charge in [-0.15, -0.1) is 6.58 Å². The molecule has 1 spiro atoms. The third-order valence-electron chi connectivity index (χ3n) is 6.70. The van der Waals surface area contributed by atoms with Crippen molar-refractivity contribution in [2.24, 2.45) is 5.92 Å². The zero-order chi connectivity index (χ0) is 24.4. The topological polar surface area (TPSA) is 82.1 Å². The first-order chi connectivity index (χ1) is 15.4. The highest BCUT2D eigenvalue weighted by atomic mass is 16.7. The average Bonchev–Trinajstić information content (AvgIpc) is 2.66. The van der Waals surface area contributed by atoms with Gasteiger partial charge in [-0.05, 0) is 70.3 Å². The highest BCUT2D eigenvalue weighted by Gasteiger charge is 2.53. The predicted octanol–water partition coefficient (Wildman–Crippen LogP) is 4.73. The number of rotatable bonds is 7. The molecule has 1 N–H and O–H groups in total. The number of ether oxygens (including phenoxy) is 3. The van der Waals surface area contributed by atoms with Crippen LogP contribution in [-0.2, 0) is 23.8 Å². The van der Waals surface area contributed by atoms with E-state index < -0.39 is 11.4 Å². The van der Waals surface area contributed by atoms with E-state index in [2.05, 4.69) is 19.6 Å². The number of hydrogen-bond acceptors (Lipinski definition) is 6. The van der Waals surface area contributed by atoms with Crippen LogP contribution in [0.3, 0.4) is 0 Å². The Labute approximate surface area is 197 Å². The SMILES string of the molecule is C=C(C)CCCC(C)=CC1CC(C)(OC(C)=O)CC2(C=C(CO)C3CC(=O)C(C)=CC3O2)O1. The fraction of sp³-hybridized carbons (Fsp3) is 0.630. The zero-order valence-corrected chi connectivity index (χ0v) is 20.6. The van der Waals surface area contributed by atoms with E-state index in [1.54, 1.807) is 6.92 Å². The Hall–Kier alpha value is -2.02. The van der Waals surface area contributed by atoms with E-state index in [1.165, 1.54) is 18.1 Å². The molecule has 0 bridgehead atoms. The van der Waals surface area contributed by atoms with Crippen molar-refractivity contribution in [3.8, 4) is 0 Å². The fourth-order valence-electron chi connectivity index (χ4n) is 5.31. The lowest BCUT2D eigenvalue weighted by Crippen LogP contribution is -2.57. The quantitative estimate of drug-likeness (QED) is 0.439. The maximum absolute atomic E-state index is 12.3. The lowest BCUT2D eigenvalue weighted by molar-refractivity contribution is -0.297. The Kier molecular flexibility index (Phi) is 7.82. The summed E-state index contributed by atoms with van der Waals surface area (Å²) >= 11 is 0. The van der Waals surface area contributed by atoms with Crippen LogP contribution >= 0.6 is 0 Å². The number of aliphatic hydroxyl groups is 1. The number of ketones is 1. The number of carbonyl (C=O) groups is 2. The van der Waals surface area contributed by atoms with Crippen molar-refractivity contribution in [3.63, 3.8) is 0 Å². The van der Waals surface area contributed by atoms with Crippen LogP contribution in [-0.4, -0.2) is 47.1 Å². The Bertz CT molecular complexity index is 896. The van der Waals surface area contributed by atoms with Crippen LogP contribution in [0.2, 0.25) is 0 Å². The first-order valence-electron chi connectivity index (χ1n) is 11.9. The standard InChI is InChI=1S/C27H38O6/c1-17(2)8-7-9-18(3)10-22-14-26(6,31-20(5)29)16-27(32-22)13-21(15-28)23-12-24(30)19(4)11-25(23)33-27/h10-11,13,22-23,25,28H,1,7-9,12,14-16H2,2-6H3. The van der Waals surface area contributed by atoms with E-state index in [0.717, 1.165) is 24.8 Å². The summed E-state index contributed by atoms with van der Waals surface area (Å²) in [5.41, 5.74) is 2.96. The van der Waals surface area contributed by atoms with Gasteiger partial charge in [0.15, 0.2) is 11.6 Å². The van der Waals surface area contributed by atoms with Crippen molar-refractivity contribution in [1.82, 2.24) is 0 Å². The number of allylic oxidation sites excluding steroid dienone is 3. The van der Waals surface area contributed by atoms with Crippen LogP contribution in [0.5, 0.6) is 0 Å². The monoisotopic (exact) mass is 458 g/mol. The predicted molar refractivity (Wildman–Crippen MR) is 126 cm³/mol. The maximum atomic E-state index is 12.3. The summed E-state index contributed by atoms with van der Waals surface area (Å²) in [7, 11) is 0.